The Bertz CT molecular complexity index is 708. The average molecular weight is 377 g/mol. The Labute approximate surface area is 145 Å². The lowest BCUT2D eigenvalue weighted by Gasteiger charge is -2.21. The molecule has 5 heteroatoms. The third-order valence-corrected chi connectivity index (χ3v) is 3.58. The highest BCUT2D eigenvalue weighted by Gasteiger charge is 2.17. The molecule has 122 valence electrons. The van der Waals surface area contributed by atoms with E-state index in [4.69, 9.17) is 4.74 Å². The SMILES string of the molecule is COc1cccc(-c2ncc(Br)cc2CC(=O)NC(C)(C)C)c1. The second-order valence-corrected chi connectivity index (χ2v) is 7.28. The molecular weight excluding hydrogens is 356 g/mol. The molecule has 1 heterocycles. The highest BCUT2D eigenvalue weighted by atomic mass is 79.9. The molecule has 0 spiro atoms. The van der Waals surface area contributed by atoms with E-state index in [0.717, 1.165) is 27.0 Å². The Kier molecular flexibility index (Phi) is 5.42. The third-order valence-electron chi connectivity index (χ3n) is 3.14. The molecule has 0 atom stereocenters. The van der Waals surface area contributed by atoms with E-state index in [-0.39, 0.29) is 17.9 Å². The fraction of sp³-hybridized carbons (Fsp3) is 0.333. The molecule has 1 aromatic carbocycles. The van der Waals surface area contributed by atoms with Gasteiger partial charge in [-0.05, 0) is 60.5 Å². The predicted octanol–water partition coefficient (Wildman–Crippen LogP) is 3.98. The maximum absolute atomic E-state index is 12.3. The number of hydrogen-bond donors (Lipinski definition) is 1. The third kappa shape index (κ3) is 5.06. The monoisotopic (exact) mass is 376 g/mol. The van der Waals surface area contributed by atoms with Gasteiger partial charge in [0, 0.05) is 21.8 Å². The summed E-state index contributed by atoms with van der Waals surface area (Å²) in [5.41, 5.74) is 2.33. The van der Waals surface area contributed by atoms with Crippen LogP contribution >= 0.6 is 15.9 Å². The lowest BCUT2D eigenvalue weighted by molar-refractivity contribution is -0.121. The number of aromatic nitrogens is 1. The van der Waals surface area contributed by atoms with Gasteiger partial charge in [0.15, 0.2) is 0 Å². The van der Waals surface area contributed by atoms with Gasteiger partial charge in [-0.1, -0.05) is 12.1 Å². The fourth-order valence-electron chi connectivity index (χ4n) is 2.28. The van der Waals surface area contributed by atoms with Crippen molar-refractivity contribution >= 4 is 21.8 Å². The minimum Gasteiger partial charge on any atom is -0.497 e. The normalized spacial score (nSPS) is 11.2. The van der Waals surface area contributed by atoms with E-state index in [1.165, 1.54) is 0 Å². The number of halogens is 1. The van der Waals surface area contributed by atoms with E-state index in [2.05, 4.69) is 26.2 Å². The summed E-state index contributed by atoms with van der Waals surface area (Å²) in [4.78, 5) is 16.8. The first-order valence-corrected chi connectivity index (χ1v) is 8.17. The van der Waals surface area contributed by atoms with Crippen LogP contribution in [-0.2, 0) is 11.2 Å². The van der Waals surface area contributed by atoms with Crippen LogP contribution in [0.5, 0.6) is 5.75 Å². The van der Waals surface area contributed by atoms with E-state index in [1.54, 1.807) is 13.3 Å². The zero-order valence-corrected chi connectivity index (χ0v) is 15.4. The molecule has 0 fully saturated rings. The first-order chi connectivity index (χ1) is 10.8. The summed E-state index contributed by atoms with van der Waals surface area (Å²) < 4.78 is 6.12. The summed E-state index contributed by atoms with van der Waals surface area (Å²) in [6.45, 7) is 5.90. The summed E-state index contributed by atoms with van der Waals surface area (Å²) in [6, 6.07) is 9.61. The van der Waals surface area contributed by atoms with E-state index in [0.29, 0.717) is 0 Å². The molecule has 0 aliphatic carbocycles. The number of carbonyl (C=O) groups excluding carboxylic acids is 1. The van der Waals surface area contributed by atoms with Gasteiger partial charge < -0.3 is 10.1 Å². The molecule has 0 unspecified atom stereocenters. The van der Waals surface area contributed by atoms with E-state index in [1.807, 2.05) is 51.1 Å². The second-order valence-electron chi connectivity index (χ2n) is 6.37. The Morgan fingerprint density at radius 1 is 1.30 bits per heavy atom. The van der Waals surface area contributed by atoms with Gasteiger partial charge in [-0.25, -0.2) is 0 Å². The van der Waals surface area contributed by atoms with E-state index >= 15 is 0 Å². The summed E-state index contributed by atoms with van der Waals surface area (Å²) in [6.07, 6.45) is 2.01. The van der Waals surface area contributed by atoms with Crippen LogP contribution in [0.2, 0.25) is 0 Å². The quantitative estimate of drug-likeness (QED) is 0.877. The molecule has 0 radical (unpaired) electrons. The van der Waals surface area contributed by atoms with Crippen LogP contribution in [0.4, 0.5) is 0 Å². The summed E-state index contributed by atoms with van der Waals surface area (Å²) in [7, 11) is 1.63. The zero-order chi connectivity index (χ0) is 17.0. The smallest absolute Gasteiger partial charge is 0.224 e. The number of hydrogen-bond acceptors (Lipinski definition) is 3. The molecule has 2 aromatic rings. The van der Waals surface area contributed by atoms with E-state index < -0.39 is 0 Å². The van der Waals surface area contributed by atoms with Crippen molar-refractivity contribution < 1.29 is 9.53 Å². The van der Waals surface area contributed by atoms with Gasteiger partial charge in [0.25, 0.3) is 0 Å². The number of benzene rings is 1. The molecule has 0 saturated heterocycles. The highest BCUT2D eigenvalue weighted by molar-refractivity contribution is 9.10. The minimum atomic E-state index is -0.257. The predicted molar refractivity (Wildman–Crippen MR) is 95.5 cm³/mol. The highest BCUT2D eigenvalue weighted by Crippen LogP contribution is 2.27. The molecule has 1 aromatic heterocycles. The molecule has 0 aliphatic heterocycles. The summed E-state index contributed by atoms with van der Waals surface area (Å²) in [5, 5.41) is 2.98. The molecule has 1 N–H and O–H groups in total. The number of methoxy groups -OCH3 is 1. The summed E-state index contributed by atoms with van der Waals surface area (Å²) >= 11 is 3.43. The Morgan fingerprint density at radius 2 is 2.04 bits per heavy atom. The first-order valence-electron chi connectivity index (χ1n) is 7.38. The van der Waals surface area contributed by atoms with Crippen molar-refractivity contribution in [1.29, 1.82) is 0 Å². The van der Waals surface area contributed by atoms with Crippen molar-refractivity contribution in [2.45, 2.75) is 32.7 Å². The Morgan fingerprint density at radius 3 is 2.70 bits per heavy atom. The van der Waals surface area contributed by atoms with Crippen molar-refractivity contribution in [3.63, 3.8) is 0 Å². The van der Waals surface area contributed by atoms with Gasteiger partial charge >= 0.3 is 0 Å². The van der Waals surface area contributed by atoms with Crippen LogP contribution in [0, 0.1) is 0 Å². The number of pyridine rings is 1. The number of nitrogens with one attached hydrogen (secondary N) is 1. The van der Waals surface area contributed by atoms with Crippen LogP contribution in [0.3, 0.4) is 0 Å². The van der Waals surface area contributed by atoms with Gasteiger partial charge in [-0.15, -0.1) is 0 Å². The van der Waals surface area contributed by atoms with Gasteiger partial charge in [0.1, 0.15) is 5.75 Å². The zero-order valence-electron chi connectivity index (χ0n) is 13.8. The van der Waals surface area contributed by atoms with Crippen molar-refractivity contribution in [1.82, 2.24) is 10.3 Å². The Hall–Kier alpha value is -1.88. The van der Waals surface area contributed by atoms with Crippen LogP contribution in [0.25, 0.3) is 11.3 Å². The largest absolute Gasteiger partial charge is 0.497 e. The van der Waals surface area contributed by atoms with Gasteiger partial charge in [-0.2, -0.15) is 0 Å². The van der Waals surface area contributed by atoms with Crippen molar-refractivity contribution in [3.05, 3.63) is 46.6 Å². The molecule has 0 aliphatic rings. The van der Waals surface area contributed by atoms with Crippen LogP contribution < -0.4 is 10.1 Å². The molecule has 2 rings (SSSR count). The van der Waals surface area contributed by atoms with Crippen molar-refractivity contribution in [2.24, 2.45) is 0 Å². The van der Waals surface area contributed by atoms with Crippen molar-refractivity contribution in [3.8, 4) is 17.0 Å². The average Bonchev–Trinajstić information content (AvgIpc) is 2.45. The second kappa shape index (κ2) is 7.13. The maximum Gasteiger partial charge on any atom is 0.224 e. The molecule has 1 amide bonds. The van der Waals surface area contributed by atoms with Crippen LogP contribution in [0.15, 0.2) is 41.0 Å². The molecule has 0 bridgehead atoms. The minimum absolute atomic E-state index is 0.0263. The lowest BCUT2D eigenvalue weighted by atomic mass is 10.0. The standard InChI is InChI=1S/C18H21BrN2O2/c1-18(2,3)21-16(22)10-13-8-14(19)11-20-17(13)12-6-5-7-15(9-12)23-4/h5-9,11H,10H2,1-4H3,(H,21,22). The van der Waals surface area contributed by atoms with Gasteiger partial charge in [-0.3, -0.25) is 9.78 Å². The molecule has 4 nitrogen and oxygen atoms in total. The number of ether oxygens (including phenoxy) is 1. The molecular formula is C18H21BrN2O2. The van der Waals surface area contributed by atoms with Crippen LogP contribution in [-0.4, -0.2) is 23.5 Å². The number of rotatable bonds is 4. The van der Waals surface area contributed by atoms with Gasteiger partial charge in [0.05, 0.1) is 19.2 Å². The van der Waals surface area contributed by atoms with E-state index in [9.17, 15) is 4.79 Å². The topological polar surface area (TPSA) is 51.2 Å². The first kappa shape index (κ1) is 17.5. The lowest BCUT2D eigenvalue weighted by Crippen LogP contribution is -2.41. The Balaban J connectivity index is 2.35. The van der Waals surface area contributed by atoms with Crippen molar-refractivity contribution in [2.75, 3.05) is 7.11 Å². The number of nitrogens with zero attached hydrogens (tertiary/aromatic N) is 1. The molecule has 0 saturated carbocycles. The van der Waals surface area contributed by atoms with Crippen LogP contribution in [0.1, 0.15) is 26.3 Å². The fourth-order valence-corrected chi connectivity index (χ4v) is 2.66. The van der Waals surface area contributed by atoms with Gasteiger partial charge in [0.2, 0.25) is 5.91 Å². The maximum atomic E-state index is 12.3. The summed E-state index contributed by atoms with van der Waals surface area (Å²) in [5.74, 6) is 0.735. The molecule has 23 heavy (non-hydrogen) atoms. The number of carbonyl (C=O) groups is 1. The number of amides is 1.